The number of pyridine rings is 1. The second-order valence-electron chi connectivity index (χ2n) is 2.93. The highest BCUT2D eigenvalue weighted by Gasteiger charge is 2.25. The van der Waals surface area contributed by atoms with Gasteiger partial charge in [-0.3, -0.25) is 10.1 Å². The first-order valence-corrected chi connectivity index (χ1v) is 4.22. The van der Waals surface area contributed by atoms with Gasteiger partial charge in [-0.05, 0) is 13.0 Å². The van der Waals surface area contributed by atoms with E-state index in [9.17, 15) is 19.7 Å². The van der Waals surface area contributed by atoms with Crippen molar-refractivity contribution in [3.8, 4) is 0 Å². The number of aromatic nitrogens is 1. The van der Waals surface area contributed by atoms with Gasteiger partial charge >= 0.3 is 12.2 Å². The van der Waals surface area contributed by atoms with Crippen LogP contribution < -0.4 is 4.90 Å². The Hall–Kier alpha value is -2.71. The maximum absolute atomic E-state index is 10.6. The Kier molecular flexibility index (Phi) is 3.22. The number of hydrogen-bond acceptors (Lipinski definition) is 5. The molecule has 0 aliphatic heterocycles. The number of aryl methyl sites for hydroxylation is 1. The third kappa shape index (κ3) is 2.45. The van der Waals surface area contributed by atoms with Crippen molar-refractivity contribution in [2.45, 2.75) is 6.92 Å². The van der Waals surface area contributed by atoms with Crippen LogP contribution in [0, 0.1) is 17.0 Å². The lowest BCUT2D eigenvalue weighted by atomic mass is 10.3. The molecule has 0 unspecified atom stereocenters. The zero-order valence-corrected chi connectivity index (χ0v) is 8.52. The van der Waals surface area contributed by atoms with E-state index in [-0.39, 0.29) is 16.3 Å². The van der Waals surface area contributed by atoms with E-state index in [0.717, 1.165) is 12.1 Å². The molecule has 9 nitrogen and oxygen atoms in total. The third-order valence-electron chi connectivity index (χ3n) is 1.85. The van der Waals surface area contributed by atoms with E-state index in [1.54, 1.807) is 0 Å². The van der Waals surface area contributed by atoms with Crippen molar-refractivity contribution in [3.63, 3.8) is 0 Å². The largest absolute Gasteiger partial charge is 0.464 e. The number of carboxylic acid groups (broad SMARTS) is 2. The van der Waals surface area contributed by atoms with Crippen LogP contribution in [0.15, 0.2) is 12.1 Å². The van der Waals surface area contributed by atoms with Gasteiger partial charge in [0.15, 0.2) is 0 Å². The average Bonchev–Trinajstić information content (AvgIpc) is 2.15. The van der Waals surface area contributed by atoms with Crippen molar-refractivity contribution in [1.82, 2.24) is 4.98 Å². The molecule has 90 valence electrons. The van der Waals surface area contributed by atoms with Crippen molar-refractivity contribution in [1.29, 1.82) is 0 Å². The molecule has 17 heavy (non-hydrogen) atoms. The summed E-state index contributed by atoms with van der Waals surface area (Å²) in [6, 6.07) is 1.95. The molecule has 0 bridgehead atoms. The Bertz CT molecular complexity index is 486. The van der Waals surface area contributed by atoms with Crippen LogP contribution >= 0.6 is 0 Å². The fourth-order valence-electron chi connectivity index (χ4n) is 1.14. The molecule has 0 saturated heterocycles. The molecule has 0 spiro atoms. The molecule has 0 radical (unpaired) electrons. The fraction of sp³-hybridized carbons (Fsp3) is 0.125. The monoisotopic (exact) mass is 241 g/mol. The van der Waals surface area contributed by atoms with Crippen LogP contribution in [0.4, 0.5) is 21.1 Å². The van der Waals surface area contributed by atoms with Gasteiger partial charge in [-0.25, -0.2) is 14.6 Å². The zero-order chi connectivity index (χ0) is 13.2. The molecule has 0 fully saturated rings. The highest BCUT2D eigenvalue weighted by molar-refractivity contribution is 6.06. The first-order chi connectivity index (χ1) is 7.84. The van der Waals surface area contributed by atoms with E-state index in [1.807, 2.05) is 0 Å². The molecule has 2 N–H and O–H groups in total. The third-order valence-corrected chi connectivity index (χ3v) is 1.85. The van der Waals surface area contributed by atoms with Gasteiger partial charge in [0, 0.05) is 6.07 Å². The van der Waals surface area contributed by atoms with E-state index < -0.39 is 22.9 Å². The molecule has 0 atom stereocenters. The number of imide groups is 1. The van der Waals surface area contributed by atoms with Crippen LogP contribution in [0.1, 0.15) is 5.69 Å². The van der Waals surface area contributed by atoms with Gasteiger partial charge in [-0.1, -0.05) is 0 Å². The molecule has 1 aromatic rings. The van der Waals surface area contributed by atoms with Crippen LogP contribution in [0.25, 0.3) is 0 Å². The van der Waals surface area contributed by atoms with Crippen molar-refractivity contribution in [2.24, 2.45) is 0 Å². The summed E-state index contributed by atoms with van der Waals surface area (Å²) >= 11 is 0. The Labute approximate surface area is 94.1 Å². The van der Waals surface area contributed by atoms with Crippen molar-refractivity contribution < 1.29 is 24.7 Å². The lowest BCUT2D eigenvalue weighted by molar-refractivity contribution is -0.385. The van der Waals surface area contributed by atoms with E-state index in [2.05, 4.69) is 4.98 Å². The van der Waals surface area contributed by atoms with E-state index in [0.29, 0.717) is 0 Å². The maximum atomic E-state index is 10.6. The predicted molar refractivity (Wildman–Crippen MR) is 54.2 cm³/mol. The Balaban J connectivity index is 3.24. The summed E-state index contributed by atoms with van der Waals surface area (Å²) < 4.78 is 0. The molecule has 0 aliphatic rings. The van der Waals surface area contributed by atoms with Crippen LogP contribution in [0.2, 0.25) is 0 Å². The molecule has 9 heteroatoms. The smallest absolute Gasteiger partial charge is 0.422 e. The Morgan fingerprint density at radius 1 is 1.35 bits per heavy atom. The summed E-state index contributed by atoms with van der Waals surface area (Å²) in [6.45, 7) is 1.28. The summed E-state index contributed by atoms with van der Waals surface area (Å²) in [4.78, 5) is 34.6. The maximum Gasteiger partial charge on any atom is 0.422 e. The highest BCUT2D eigenvalue weighted by atomic mass is 16.6. The van der Waals surface area contributed by atoms with E-state index >= 15 is 0 Å². The van der Waals surface area contributed by atoms with Gasteiger partial charge < -0.3 is 10.2 Å². The van der Waals surface area contributed by atoms with Crippen LogP contribution in [-0.2, 0) is 0 Å². The van der Waals surface area contributed by atoms with Gasteiger partial charge in [0.1, 0.15) is 11.5 Å². The number of nitro groups is 1. The summed E-state index contributed by atoms with van der Waals surface area (Å²) in [5.74, 6) is -0.409. The summed E-state index contributed by atoms with van der Waals surface area (Å²) in [5, 5.41) is 27.8. The number of nitrogens with zero attached hydrogens (tertiary/aromatic N) is 3. The average molecular weight is 241 g/mol. The molecule has 1 aromatic heterocycles. The second kappa shape index (κ2) is 4.43. The lowest BCUT2D eigenvalue weighted by Gasteiger charge is -2.12. The number of amides is 2. The first kappa shape index (κ1) is 12.4. The van der Waals surface area contributed by atoms with Crippen LogP contribution in [0.3, 0.4) is 0 Å². The number of rotatable bonds is 2. The highest BCUT2D eigenvalue weighted by Crippen LogP contribution is 2.20. The molecule has 0 saturated carbocycles. The number of anilines is 1. The van der Waals surface area contributed by atoms with E-state index in [1.165, 1.54) is 6.92 Å². The molecule has 0 aliphatic carbocycles. The quantitative estimate of drug-likeness (QED) is 0.591. The normalized spacial score (nSPS) is 9.71. The van der Waals surface area contributed by atoms with E-state index in [4.69, 9.17) is 10.2 Å². The Morgan fingerprint density at radius 3 is 2.24 bits per heavy atom. The van der Waals surface area contributed by atoms with Crippen LogP contribution in [-0.4, -0.2) is 32.3 Å². The zero-order valence-electron chi connectivity index (χ0n) is 8.52. The SMILES string of the molecule is Cc1nc(N(C(=O)O)C(=O)O)ccc1[N+](=O)[O-]. The van der Waals surface area contributed by atoms with Crippen LogP contribution in [0.5, 0.6) is 0 Å². The predicted octanol–water partition coefficient (Wildman–Crippen LogP) is 1.46. The second-order valence-corrected chi connectivity index (χ2v) is 2.93. The first-order valence-electron chi connectivity index (χ1n) is 4.22. The minimum Gasteiger partial charge on any atom is -0.464 e. The Morgan fingerprint density at radius 2 is 1.88 bits per heavy atom. The van der Waals surface area contributed by atoms with Crippen molar-refractivity contribution in [2.75, 3.05) is 4.90 Å². The van der Waals surface area contributed by atoms with Gasteiger partial charge in [0.25, 0.3) is 5.69 Å². The van der Waals surface area contributed by atoms with Gasteiger partial charge in [-0.2, -0.15) is 4.90 Å². The minimum atomic E-state index is -1.74. The van der Waals surface area contributed by atoms with Gasteiger partial charge in [0.05, 0.1) is 4.92 Å². The molecular formula is C8H7N3O6. The number of hydrogen-bond donors (Lipinski definition) is 2. The fourth-order valence-corrected chi connectivity index (χ4v) is 1.14. The molecule has 0 aromatic carbocycles. The summed E-state index contributed by atoms with van der Waals surface area (Å²) in [6.07, 6.45) is -3.48. The minimum absolute atomic E-state index is 0.0310. The molecule has 1 heterocycles. The summed E-state index contributed by atoms with van der Waals surface area (Å²) in [7, 11) is 0. The number of carbonyl (C=O) groups is 2. The lowest BCUT2D eigenvalue weighted by Crippen LogP contribution is -2.35. The standard InChI is InChI=1S/C8H7N3O6/c1-4-5(11(16)17)2-3-6(9-4)10(7(12)13)8(14)15/h2-3H,1H3,(H,12,13)(H,14,15). The summed E-state index contributed by atoms with van der Waals surface area (Å²) in [5.41, 5.74) is -0.385. The van der Waals surface area contributed by atoms with Gasteiger partial charge in [0.2, 0.25) is 0 Å². The topological polar surface area (TPSA) is 134 Å². The van der Waals surface area contributed by atoms with Crippen molar-refractivity contribution in [3.05, 3.63) is 27.9 Å². The molecular weight excluding hydrogens is 234 g/mol. The molecule has 1 rings (SSSR count). The van der Waals surface area contributed by atoms with Crippen molar-refractivity contribution >= 4 is 23.7 Å². The van der Waals surface area contributed by atoms with Gasteiger partial charge in [-0.15, -0.1) is 0 Å². The molecule has 2 amide bonds.